The number of benzene rings is 3. The predicted octanol–water partition coefficient (Wildman–Crippen LogP) is 6.50. The van der Waals surface area contributed by atoms with E-state index in [0.29, 0.717) is 33.8 Å². The van der Waals surface area contributed by atoms with Gasteiger partial charge in [-0.25, -0.2) is 8.78 Å². The maximum Gasteiger partial charge on any atom is 0.258 e. The summed E-state index contributed by atoms with van der Waals surface area (Å²) in [6.45, 7) is 5.87. The van der Waals surface area contributed by atoms with Crippen LogP contribution in [0.15, 0.2) is 77.0 Å². The molecule has 0 amide bonds. The summed E-state index contributed by atoms with van der Waals surface area (Å²) >= 11 is 5.66. The second-order valence-electron chi connectivity index (χ2n) is 8.52. The number of anilines is 1. The monoisotopic (exact) mass is 488 g/mol. The molecule has 5 nitrogen and oxygen atoms in total. The molecule has 1 aromatic heterocycles. The lowest BCUT2D eigenvalue weighted by atomic mass is 9.94. The van der Waals surface area contributed by atoms with E-state index in [1.807, 2.05) is 69.3 Å². The number of allylic oxidation sites excluding steroid dienone is 1. The molecule has 1 atom stereocenters. The first-order chi connectivity index (χ1) is 16.8. The Balaban J connectivity index is 1.65. The summed E-state index contributed by atoms with van der Waals surface area (Å²) in [5.74, 6) is -1.12. The highest BCUT2D eigenvalue weighted by Crippen LogP contribution is 2.39. The summed E-state index contributed by atoms with van der Waals surface area (Å²) < 4.78 is 33.4. The Morgan fingerprint density at radius 1 is 0.886 bits per heavy atom. The number of nitrogens with one attached hydrogen (secondary N) is 1. The molecule has 0 saturated heterocycles. The van der Waals surface area contributed by atoms with Crippen molar-refractivity contribution < 1.29 is 13.3 Å². The van der Waals surface area contributed by atoms with Gasteiger partial charge in [0.1, 0.15) is 0 Å². The van der Waals surface area contributed by atoms with Crippen LogP contribution in [0.25, 0.3) is 17.0 Å². The van der Waals surface area contributed by atoms with Crippen molar-refractivity contribution in [1.29, 1.82) is 0 Å². The van der Waals surface area contributed by atoms with E-state index in [4.69, 9.17) is 16.7 Å². The molecule has 0 bridgehead atoms. The fourth-order valence-electron chi connectivity index (χ4n) is 4.12. The fourth-order valence-corrected chi connectivity index (χ4v) is 4.48. The lowest BCUT2D eigenvalue weighted by molar-refractivity contribution is 0.404. The average Bonchev–Trinajstić information content (AvgIpc) is 3.31. The van der Waals surface area contributed by atoms with E-state index in [1.54, 1.807) is 4.90 Å². The molecule has 8 heteroatoms. The zero-order chi connectivity index (χ0) is 24.7. The molecule has 1 unspecified atom stereocenters. The summed E-state index contributed by atoms with van der Waals surface area (Å²) in [7, 11) is 0. The van der Waals surface area contributed by atoms with E-state index in [-0.39, 0.29) is 6.04 Å². The molecule has 0 spiro atoms. The van der Waals surface area contributed by atoms with E-state index >= 15 is 0 Å². The van der Waals surface area contributed by atoms with Gasteiger partial charge < -0.3 is 9.84 Å². The van der Waals surface area contributed by atoms with Crippen molar-refractivity contribution in [3.63, 3.8) is 0 Å². The molecule has 0 radical (unpaired) electrons. The minimum atomic E-state index is -0.959. The Kier molecular flexibility index (Phi) is 5.90. The number of aromatic nitrogens is 2. The van der Waals surface area contributed by atoms with Crippen molar-refractivity contribution in [2.24, 2.45) is 0 Å². The average molecular weight is 489 g/mol. The fraction of sp³-hybridized carbons (Fsp3) is 0.148. The van der Waals surface area contributed by atoms with Gasteiger partial charge in [-0.15, -0.1) is 0 Å². The van der Waals surface area contributed by atoms with Crippen LogP contribution in [0.3, 0.4) is 0 Å². The molecule has 35 heavy (non-hydrogen) atoms. The van der Waals surface area contributed by atoms with Gasteiger partial charge in [0.15, 0.2) is 16.7 Å². The van der Waals surface area contributed by atoms with E-state index in [1.165, 1.54) is 6.07 Å². The zero-order valence-electron chi connectivity index (χ0n) is 19.3. The number of nitrogens with zero attached hydrogens (tertiary/aromatic N) is 3. The smallest absolute Gasteiger partial charge is 0.258 e. The van der Waals surface area contributed by atoms with Crippen LogP contribution in [0.5, 0.6) is 0 Å². The predicted molar refractivity (Wildman–Crippen MR) is 136 cm³/mol. The van der Waals surface area contributed by atoms with Crippen molar-refractivity contribution in [1.82, 2.24) is 15.5 Å². The van der Waals surface area contributed by atoms with Crippen LogP contribution in [-0.2, 0) is 0 Å². The first kappa shape index (κ1) is 22.9. The van der Waals surface area contributed by atoms with Gasteiger partial charge in [0.2, 0.25) is 5.82 Å². The molecule has 1 N–H and O–H groups in total. The third-order valence-electron chi connectivity index (χ3n) is 6.02. The molecule has 4 aromatic rings. The molecule has 0 aliphatic carbocycles. The number of rotatable bonds is 4. The van der Waals surface area contributed by atoms with Crippen LogP contribution in [-0.4, -0.2) is 15.3 Å². The first-order valence-electron chi connectivity index (χ1n) is 11.1. The molecular weight excluding hydrogens is 466 g/mol. The summed E-state index contributed by atoms with van der Waals surface area (Å²) in [4.78, 5) is 6.33. The molecule has 0 saturated carbocycles. The van der Waals surface area contributed by atoms with Gasteiger partial charge in [-0.1, -0.05) is 64.8 Å². The normalized spacial score (nSPS) is 16.0. The molecule has 5 rings (SSSR count). The largest absolute Gasteiger partial charge is 0.351 e. The SMILES string of the molecule is CC1=C(c2nc(-c3ccc(C)cc3)no2)C(c2ccc(C)cc2)NC(=S)N1c1ccc(F)c(F)c1. The van der Waals surface area contributed by atoms with Crippen LogP contribution in [0.1, 0.15) is 35.5 Å². The zero-order valence-corrected chi connectivity index (χ0v) is 20.2. The molecule has 2 heterocycles. The van der Waals surface area contributed by atoms with Gasteiger partial charge in [0.25, 0.3) is 5.89 Å². The van der Waals surface area contributed by atoms with Crippen LogP contribution in [0, 0.1) is 25.5 Å². The van der Waals surface area contributed by atoms with Gasteiger partial charge >= 0.3 is 0 Å². The Hall–Kier alpha value is -3.91. The highest BCUT2D eigenvalue weighted by molar-refractivity contribution is 7.80. The number of halogens is 2. The quantitative estimate of drug-likeness (QED) is 0.331. The minimum Gasteiger partial charge on any atom is -0.351 e. The lowest BCUT2D eigenvalue weighted by Crippen LogP contribution is -2.46. The lowest BCUT2D eigenvalue weighted by Gasteiger charge is -2.37. The first-order valence-corrected chi connectivity index (χ1v) is 11.5. The van der Waals surface area contributed by atoms with Crippen LogP contribution in [0.4, 0.5) is 14.5 Å². The Labute approximate surface area is 207 Å². The Morgan fingerprint density at radius 3 is 2.20 bits per heavy atom. The maximum absolute atomic E-state index is 14.1. The van der Waals surface area contributed by atoms with Gasteiger partial charge in [-0.2, -0.15) is 4.98 Å². The molecule has 1 aliphatic rings. The van der Waals surface area contributed by atoms with E-state index in [0.717, 1.165) is 34.4 Å². The van der Waals surface area contributed by atoms with Crippen LogP contribution < -0.4 is 10.2 Å². The second-order valence-corrected chi connectivity index (χ2v) is 8.90. The second kappa shape index (κ2) is 9.03. The molecular formula is C27H22F2N4OS. The number of hydrogen-bond donors (Lipinski definition) is 1. The molecule has 3 aromatic carbocycles. The third kappa shape index (κ3) is 4.33. The third-order valence-corrected chi connectivity index (χ3v) is 6.32. The minimum absolute atomic E-state index is 0.311. The topological polar surface area (TPSA) is 54.2 Å². The van der Waals surface area contributed by atoms with Gasteiger partial charge in [-0.3, -0.25) is 4.90 Å². The number of aryl methyl sites for hydroxylation is 2. The summed E-state index contributed by atoms with van der Waals surface area (Å²) in [5, 5.41) is 7.88. The molecule has 0 fully saturated rings. The molecule has 176 valence electrons. The van der Waals surface area contributed by atoms with E-state index in [9.17, 15) is 8.78 Å². The van der Waals surface area contributed by atoms with Gasteiger partial charge in [-0.05, 0) is 50.7 Å². The van der Waals surface area contributed by atoms with Crippen molar-refractivity contribution >= 4 is 28.6 Å². The highest BCUT2D eigenvalue weighted by atomic mass is 32.1. The number of hydrogen-bond acceptors (Lipinski definition) is 4. The molecule has 1 aliphatic heterocycles. The van der Waals surface area contributed by atoms with Crippen molar-refractivity contribution in [2.45, 2.75) is 26.8 Å². The van der Waals surface area contributed by atoms with Crippen molar-refractivity contribution in [2.75, 3.05) is 4.90 Å². The van der Waals surface area contributed by atoms with Crippen molar-refractivity contribution in [3.8, 4) is 11.4 Å². The maximum atomic E-state index is 14.1. The van der Waals surface area contributed by atoms with Crippen LogP contribution >= 0.6 is 12.2 Å². The van der Waals surface area contributed by atoms with E-state index in [2.05, 4.69) is 15.5 Å². The summed E-state index contributed by atoms with van der Waals surface area (Å²) in [5.41, 5.74) is 5.78. The van der Waals surface area contributed by atoms with E-state index < -0.39 is 11.6 Å². The highest BCUT2D eigenvalue weighted by Gasteiger charge is 2.35. The summed E-state index contributed by atoms with van der Waals surface area (Å²) in [6, 6.07) is 19.2. The van der Waals surface area contributed by atoms with Crippen molar-refractivity contribution in [3.05, 3.63) is 107 Å². The van der Waals surface area contributed by atoms with Gasteiger partial charge in [0, 0.05) is 17.3 Å². The standard InChI is InChI=1S/C27H22F2N4OS/c1-15-4-8-18(9-5-15)24-23(26-31-25(32-34-26)19-10-6-16(2)7-11-19)17(3)33(27(35)30-24)20-12-13-21(28)22(29)14-20/h4-14,24H,1-3H3,(H,30,35). The Bertz CT molecular complexity index is 1450. The Morgan fingerprint density at radius 2 is 1.54 bits per heavy atom. The van der Waals surface area contributed by atoms with Crippen LogP contribution in [0.2, 0.25) is 0 Å². The van der Waals surface area contributed by atoms with Gasteiger partial charge in [0.05, 0.1) is 17.3 Å². The number of thiocarbonyl (C=S) groups is 1. The summed E-state index contributed by atoms with van der Waals surface area (Å²) in [6.07, 6.45) is 0.